The maximum Gasteiger partial charge on any atom is 0.513 e. The fourth-order valence-electron chi connectivity index (χ4n) is 4.74. The maximum absolute atomic E-state index is 13.3. The van der Waals surface area contributed by atoms with Crippen LogP contribution in [0.25, 0.3) is 0 Å². The molecule has 2 rings (SSSR count). The fourth-order valence-corrected chi connectivity index (χ4v) is 4.74. The second-order valence-electron chi connectivity index (χ2n) is 15.7. The van der Waals surface area contributed by atoms with E-state index >= 15 is 0 Å². The van der Waals surface area contributed by atoms with E-state index < -0.39 is 47.2 Å². The third-order valence-corrected chi connectivity index (χ3v) is 7.29. The van der Waals surface area contributed by atoms with Gasteiger partial charge in [-0.25, -0.2) is 24.0 Å². The van der Waals surface area contributed by atoms with E-state index in [0.717, 1.165) is 0 Å². The van der Waals surface area contributed by atoms with Crippen LogP contribution in [-0.4, -0.2) is 163 Å². The molecule has 0 atom stereocenters. The number of ether oxygens (including phenoxy) is 6. The predicted octanol–water partition coefficient (Wildman–Crippen LogP) is 4.06. The van der Waals surface area contributed by atoms with Crippen molar-refractivity contribution in [2.24, 2.45) is 0 Å². The highest BCUT2D eigenvalue weighted by atomic mass is 16.7. The van der Waals surface area contributed by atoms with Crippen LogP contribution in [0.4, 0.5) is 19.2 Å². The first-order valence-electron chi connectivity index (χ1n) is 18.2. The van der Waals surface area contributed by atoms with Gasteiger partial charge in [0.2, 0.25) is 5.91 Å². The Kier molecular flexibility index (Phi) is 17.9. The van der Waals surface area contributed by atoms with E-state index in [0.29, 0.717) is 0 Å². The van der Waals surface area contributed by atoms with Gasteiger partial charge in [0.1, 0.15) is 29.2 Å². The third-order valence-electron chi connectivity index (χ3n) is 7.29. The first-order chi connectivity index (χ1) is 25.5. The SMILES string of the molecule is CC(C)(C)OC(=O)N1CCN(CC(=O)NCCOCCOC(=O)Oc2ccc(C(=O)O)cc2)CCN(C(=O)OC(C)(C)C)CCN(C(=O)OC(C)(C)C)CC1. The Balaban J connectivity index is 2.02. The average Bonchev–Trinajstić information content (AvgIpc) is 3.03. The molecule has 0 aliphatic carbocycles. The molecule has 0 radical (unpaired) electrons. The number of carbonyl (C=O) groups excluding carboxylic acids is 5. The third kappa shape index (κ3) is 19.9. The van der Waals surface area contributed by atoms with Gasteiger partial charge in [0.25, 0.3) is 0 Å². The van der Waals surface area contributed by atoms with E-state index in [4.69, 9.17) is 33.5 Å². The van der Waals surface area contributed by atoms with E-state index in [-0.39, 0.29) is 102 Å². The van der Waals surface area contributed by atoms with Crippen LogP contribution in [-0.2, 0) is 28.5 Å². The summed E-state index contributed by atoms with van der Waals surface area (Å²) in [5.74, 6) is -1.31. The first-order valence-corrected chi connectivity index (χ1v) is 18.2. The molecule has 1 saturated heterocycles. The number of aromatic carboxylic acids is 1. The topological polar surface area (TPSA) is 203 Å². The molecule has 18 nitrogen and oxygen atoms in total. The van der Waals surface area contributed by atoms with Crippen molar-refractivity contribution in [2.45, 2.75) is 79.1 Å². The molecule has 310 valence electrons. The molecule has 0 aromatic heterocycles. The number of carbonyl (C=O) groups is 6. The molecule has 18 heteroatoms. The van der Waals surface area contributed by atoms with Gasteiger partial charge in [-0.1, -0.05) is 0 Å². The van der Waals surface area contributed by atoms with Gasteiger partial charge < -0.3 is 53.5 Å². The van der Waals surface area contributed by atoms with Gasteiger partial charge >= 0.3 is 30.4 Å². The molecule has 1 aromatic carbocycles. The van der Waals surface area contributed by atoms with Gasteiger partial charge in [-0.3, -0.25) is 9.69 Å². The van der Waals surface area contributed by atoms with Crippen LogP contribution >= 0.6 is 0 Å². The molecule has 1 aromatic rings. The summed E-state index contributed by atoms with van der Waals surface area (Å²) in [6, 6.07) is 5.25. The largest absolute Gasteiger partial charge is 0.513 e. The highest BCUT2D eigenvalue weighted by Crippen LogP contribution is 2.16. The molecular formula is C37H59N5O13. The minimum atomic E-state index is -1.11. The zero-order valence-corrected chi connectivity index (χ0v) is 33.6. The van der Waals surface area contributed by atoms with E-state index in [9.17, 15) is 28.8 Å². The Morgan fingerprint density at radius 3 is 1.44 bits per heavy atom. The standard InChI is InChI=1S/C37H59N5O13/c1-35(2,3)53-31(46)40-17-15-39(16-18-41(32(47)54-36(4,5)6)20-22-42(21-19-40)33(48)55-37(7,8)9)26-29(43)38-14-23-50-24-25-51-34(49)52-28-12-10-27(11-13-28)30(44)45/h10-13H,14-26H2,1-9H3,(H,38,43)(H,44,45). The molecule has 1 fully saturated rings. The second-order valence-corrected chi connectivity index (χ2v) is 15.7. The van der Waals surface area contributed by atoms with Crippen molar-refractivity contribution in [1.82, 2.24) is 24.9 Å². The van der Waals surface area contributed by atoms with Gasteiger partial charge in [0, 0.05) is 58.9 Å². The zero-order chi connectivity index (χ0) is 41.4. The molecule has 1 heterocycles. The zero-order valence-electron chi connectivity index (χ0n) is 33.6. The van der Waals surface area contributed by atoms with Gasteiger partial charge in [-0.05, 0) is 86.6 Å². The Morgan fingerprint density at radius 1 is 0.618 bits per heavy atom. The van der Waals surface area contributed by atoms with Crippen LogP contribution in [0.15, 0.2) is 24.3 Å². The summed E-state index contributed by atoms with van der Waals surface area (Å²) in [4.78, 5) is 81.9. The highest BCUT2D eigenvalue weighted by Gasteiger charge is 2.30. The van der Waals surface area contributed by atoms with Gasteiger partial charge in [-0.2, -0.15) is 0 Å². The minimum absolute atomic E-state index is 0.0292. The first kappa shape index (κ1) is 46.3. The number of amides is 4. The van der Waals surface area contributed by atoms with E-state index in [1.165, 1.54) is 39.0 Å². The van der Waals surface area contributed by atoms with Crippen molar-refractivity contribution < 1.29 is 62.3 Å². The average molecular weight is 782 g/mol. The fraction of sp³-hybridized carbons (Fsp3) is 0.676. The Hall–Kier alpha value is -4.84. The lowest BCUT2D eigenvalue weighted by Crippen LogP contribution is -2.52. The molecular weight excluding hydrogens is 722 g/mol. The quantitative estimate of drug-likeness (QED) is 0.149. The van der Waals surface area contributed by atoms with Crippen LogP contribution < -0.4 is 10.1 Å². The number of carboxylic acid groups (broad SMARTS) is 1. The number of benzene rings is 1. The predicted molar refractivity (Wildman–Crippen MR) is 199 cm³/mol. The molecule has 0 saturated carbocycles. The monoisotopic (exact) mass is 781 g/mol. The second kappa shape index (κ2) is 21.3. The number of nitrogens with one attached hydrogen (secondary N) is 1. The normalized spacial score (nSPS) is 15.2. The van der Waals surface area contributed by atoms with E-state index in [1.54, 1.807) is 62.3 Å². The summed E-state index contributed by atoms with van der Waals surface area (Å²) in [7, 11) is 0. The maximum atomic E-state index is 13.3. The number of carboxylic acids is 1. The molecule has 1 aliphatic heterocycles. The van der Waals surface area contributed by atoms with Crippen LogP contribution in [0.2, 0.25) is 0 Å². The van der Waals surface area contributed by atoms with Crippen molar-refractivity contribution in [3.63, 3.8) is 0 Å². The molecule has 55 heavy (non-hydrogen) atoms. The summed E-state index contributed by atoms with van der Waals surface area (Å²) >= 11 is 0. The number of rotatable bonds is 10. The Morgan fingerprint density at radius 2 is 1.04 bits per heavy atom. The van der Waals surface area contributed by atoms with Crippen molar-refractivity contribution in [3.8, 4) is 5.75 Å². The Bertz CT molecular complexity index is 1390. The molecule has 0 spiro atoms. The number of nitrogens with zero attached hydrogens (tertiary/aromatic N) is 4. The minimum Gasteiger partial charge on any atom is -0.478 e. The van der Waals surface area contributed by atoms with Crippen LogP contribution in [0.1, 0.15) is 72.7 Å². The lowest BCUT2D eigenvalue weighted by molar-refractivity contribution is -0.122. The van der Waals surface area contributed by atoms with Crippen LogP contribution in [0.3, 0.4) is 0 Å². The number of hydrogen-bond donors (Lipinski definition) is 2. The smallest absolute Gasteiger partial charge is 0.478 e. The molecule has 4 amide bonds. The van der Waals surface area contributed by atoms with Gasteiger partial charge in [-0.15, -0.1) is 0 Å². The lowest BCUT2D eigenvalue weighted by atomic mass is 10.2. The van der Waals surface area contributed by atoms with Gasteiger partial charge in [0.05, 0.1) is 25.3 Å². The van der Waals surface area contributed by atoms with Crippen LogP contribution in [0, 0.1) is 0 Å². The summed E-state index contributed by atoms with van der Waals surface area (Å²) in [6.45, 7) is 17.2. The number of hydrogen-bond acceptors (Lipinski definition) is 13. The summed E-state index contributed by atoms with van der Waals surface area (Å²) < 4.78 is 32.3. The van der Waals surface area contributed by atoms with E-state index in [1.807, 2.05) is 4.90 Å². The molecule has 0 unspecified atom stereocenters. The Labute approximate surface area is 323 Å². The lowest BCUT2D eigenvalue weighted by Gasteiger charge is -2.35. The summed E-state index contributed by atoms with van der Waals surface area (Å²) in [5.41, 5.74) is -2.26. The van der Waals surface area contributed by atoms with Crippen molar-refractivity contribution >= 4 is 36.3 Å². The van der Waals surface area contributed by atoms with Crippen molar-refractivity contribution in [1.29, 1.82) is 0 Å². The molecule has 2 N–H and O–H groups in total. The van der Waals surface area contributed by atoms with Crippen molar-refractivity contribution in [2.75, 3.05) is 85.3 Å². The summed E-state index contributed by atoms with van der Waals surface area (Å²) in [6.07, 6.45) is -2.71. The van der Waals surface area contributed by atoms with E-state index in [2.05, 4.69) is 5.32 Å². The van der Waals surface area contributed by atoms with Gasteiger partial charge in [0.15, 0.2) is 0 Å². The van der Waals surface area contributed by atoms with Crippen molar-refractivity contribution in [3.05, 3.63) is 29.8 Å². The molecule has 0 bridgehead atoms. The summed E-state index contributed by atoms with van der Waals surface area (Å²) in [5, 5.41) is 11.7. The molecule has 1 aliphatic rings. The van der Waals surface area contributed by atoms with Crippen LogP contribution in [0.5, 0.6) is 5.75 Å². The highest BCUT2D eigenvalue weighted by molar-refractivity contribution is 5.87.